The van der Waals surface area contributed by atoms with Crippen LogP contribution in [-0.4, -0.2) is 52.5 Å². The maximum atomic E-state index is 11.8. The van der Waals surface area contributed by atoms with Crippen molar-refractivity contribution in [3.05, 3.63) is 64.7 Å². The van der Waals surface area contributed by atoms with Crippen LogP contribution in [0.2, 0.25) is 0 Å². The van der Waals surface area contributed by atoms with E-state index in [1.54, 1.807) is 6.07 Å². The highest BCUT2D eigenvalue weighted by atomic mass is 16.5. The fourth-order valence-electron chi connectivity index (χ4n) is 1.80. The first-order valence-electron chi connectivity index (χ1n) is 7.91. The van der Waals surface area contributed by atoms with E-state index >= 15 is 0 Å². The van der Waals surface area contributed by atoms with Crippen molar-refractivity contribution in [2.75, 3.05) is 6.61 Å². The van der Waals surface area contributed by atoms with Crippen molar-refractivity contribution in [3.8, 4) is 5.75 Å². The van der Waals surface area contributed by atoms with Crippen molar-refractivity contribution in [3.63, 3.8) is 0 Å². The number of ether oxygens (including phenoxy) is 1. The number of carbonyl (C=O) groups excluding carboxylic acids is 3. The zero-order chi connectivity index (χ0) is 21.1. The second-order valence-electron chi connectivity index (χ2n) is 5.45. The van der Waals surface area contributed by atoms with Gasteiger partial charge < -0.3 is 25.8 Å². The predicted octanol–water partition coefficient (Wildman–Crippen LogP) is 0.765. The number of rotatable bonds is 7. The number of phenolic OH excluding ortho intramolecular Hbond substituents is 1. The summed E-state index contributed by atoms with van der Waals surface area (Å²) in [5, 5.41) is 25.3. The van der Waals surface area contributed by atoms with E-state index in [1.165, 1.54) is 36.4 Å². The first-order chi connectivity index (χ1) is 13.3. The third kappa shape index (κ3) is 6.98. The van der Waals surface area contributed by atoms with Crippen molar-refractivity contribution in [2.45, 2.75) is 12.6 Å². The number of nitrogens with two attached hydrogens (primary N) is 1. The van der Waals surface area contributed by atoms with Gasteiger partial charge in [-0.2, -0.15) is 0 Å². The average Bonchev–Trinajstić information content (AvgIpc) is 2.72. The molecule has 0 amide bonds. The molecular weight excluding hydrogens is 370 g/mol. The van der Waals surface area contributed by atoms with Crippen LogP contribution in [0.25, 0.3) is 0 Å². The van der Waals surface area contributed by atoms with E-state index in [9.17, 15) is 24.3 Å². The summed E-state index contributed by atoms with van der Waals surface area (Å²) in [7, 11) is 0. The van der Waals surface area contributed by atoms with Crippen LogP contribution in [0, 0.1) is 0 Å². The number of hydrogen-bond acceptors (Lipinski definition) is 8. The van der Waals surface area contributed by atoms with Crippen molar-refractivity contribution in [1.29, 1.82) is 0 Å². The minimum absolute atomic E-state index is 0.0185. The molecule has 1 atom stereocenters. The molecule has 2 rings (SSSR count). The second kappa shape index (κ2) is 11.2. The third-order valence-electron chi connectivity index (χ3n) is 3.39. The van der Waals surface area contributed by atoms with Crippen molar-refractivity contribution < 1.29 is 39.2 Å². The molecule has 0 aromatic heterocycles. The monoisotopic (exact) mass is 389 g/mol. The lowest BCUT2D eigenvalue weighted by atomic mass is 10.1. The van der Waals surface area contributed by atoms with Crippen molar-refractivity contribution in [2.24, 2.45) is 5.73 Å². The molecule has 148 valence electrons. The topological polar surface area (TPSA) is 164 Å². The summed E-state index contributed by atoms with van der Waals surface area (Å²) in [4.78, 5) is 42.7. The van der Waals surface area contributed by atoms with E-state index in [4.69, 9.17) is 20.7 Å². The lowest BCUT2D eigenvalue weighted by molar-refractivity contribution is -0.139. The number of carbonyl (C=O) groups is 4. The molecule has 0 saturated heterocycles. The number of aromatic hydroxyl groups is 1. The largest absolute Gasteiger partial charge is 0.507 e. The summed E-state index contributed by atoms with van der Waals surface area (Å²) in [5.74, 6) is -1.83. The number of aliphatic hydroxyl groups excluding tert-OH is 1. The number of aldehydes is 2. The summed E-state index contributed by atoms with van der Waals surface area (Å²) >= 11 is 0. The van der Waals surface area contributed by atoms with E-state index in [2.05, 4.69) is 0 Å². The molecule has 9 nitrogen and oxygen atoms in total. The highest BCUT2D eigenvalue weighted by Gasteiger charge is 2.09. The van der Waals surface area contributed by atoms with Gasteiger partial charge >= 0.3 is 11.9 Å². The zero-order valence-corrected chi connectivity index (χ0v) is 14.6. The summed E-state index contributed by atoms with van der Waals surface area (Å²) in [6, 6.07) is 9.30. The SMILES string of the molecule is N[C@@H](CO)C(=O)O.O=Cc1ccc(C(=O)OCc2ccc(O)c(C=O)c2)cc1. The Kier molecular flexibility index (Phi) is 9.01. The molecule has 28 heavy (non-hydrogen) atoms. The van der Waals surface area contributed by atoms with Gasteiger partial charge in [-0.3, -0.25) is 14.4 Å². The molecule has 0 aliphatic rings. The molecule has 0 heterocycles. The highest BCUT2D eigenvalue weighted by Crippen LogP contribution is 2.17. The third-order valence-corrected chi connectivity index (χ3v) is 3.39. The Balaban J connectivity index is 0.000000480. The van der Waals surface area contributed by atoms with Crippen LogP contribution in [0.1, 0.15) is 36.6 Å². The van der Waals surface area contributed by atoms with Crippen LogP contribution >= 0.6 is 0 Å². The number of hydrogen-bond donors (Lipinski definition) is 4. The van der Waals surface area contributed by atoms with Gasteiger partial charge in [0.05, 0.1) is 17.7 Å². The quantitative estimate of drug-likeness (QED) is 0.395. The predicted molar refractivity (Wildman–Crippen MR) is 97.1 cm³/mol. The molecule has 0 unspecified atom stereocenters. The standard InChI is InChI=1S/C16H12O5.C3H7NO3/c17-8-11-1-4-13(5-2-11)16(20)21-10-12-3-6-15(19)14(7-12)9-18;4-2(1-5)3(6)7/h1-9,19H,10H2;2,5H,1,4H2,(H,6,7)/t;2-/m.0/s1. The van der Waals surface area contributed by atoms with Crippen molar-refractivity contribution >= 4 is 24.5 Å². The number of phenols is 1. The highest BCUT2D eigenvalue weighted by molar-refractivity contribution is 5.90. The van der Waals surface area contributed by atoms with Gasteiger partial charge in [0.25, 0.3) is 0 Å². The van der Waals surface area contributed by atoms with Gasteiger partial charge in [-0.25, -0.2) is 4.79 Å². The van der Waals surface area contributed by atoms with Crippen molar-refractivity contribution in [1.82, 2.24) is 0 Å². The molecular formula is C19H19NO8. The maximum absolute atomic E-state index is 11.8. The van der Waals surface area contributed by atoms with Gasteiger partial charge in [0.1, 0.15) is 24.7 Å². The van der Waals surface area contributed by atoms with Gasteiger partial charge in [0, 0.05) is 5.56 Å². The molecule has 0 radical (unpaired) electrons. The molecule has 2 aromatic carbocycles. The van der Waals surface area contributed by atoms with Crippen LogP contribution in [0.4, 0.5) is 0 Å². The maximum Gasteiger partial charge on any atom is 0.338 e. The summed E-state index contributed by atoms with van der Waals surface area (Å²) in [6.07, 6.45) is 1.21. The summed E-state index contributed by atoms with van der Waals surface area (Å²) in [5.41, 5.74) is 6.30. The average molecular weight is 389 g/mol. The number of benzene rings is 2. The van der Waals surface area contributed by atoms with Gasteiger partial charge in [-0.15, -0.1) is 0 Å². The van der Waals surface area contributed by atoms with Crippen LogP contribution in [0.5, 0.6) is 5.75 Å². The lowest BCUT2D eigenvalue weighted by Crippen LogP contribution is -2.33. The Morgan fingerprint density at radius 2 is 1.71 bits per heavy atom. The van der Waals surface area contributed by atoms with E-state index in [1.807, 2.05) is 0 Å². The molecule has 0 fully saturated rings. The molecule has 0 bridgehead atoms. The number of aliphatic hydroxyl groups is 1. The first-order valence-corrected chi connectivity index (χ1v) is 7.91. The van der Waals surface area contributed by atoms with E-state index in [0.717, 1.165) is 0 Å². The molecule has 0 spiro atoms. The Hall–Kier alpha value is -3.56. The fraction of sp³-hybridized carbons (Fsp3) is 0.158. The first kappa shape index (κ1) is 22.5. The lowest BCUT2D eigenvalue weighted by Gasteiger charge is -2.06. The number of esters is 1. The minimum Gasteiger partial charge on any atom is -0.507 e. The molecule has 2 aromatic rings. The zero-order valence-electron chi connectivity index (χ0n) is 14.6. The van der Waals surface area contributed by atoms with Gasteiger partial charge in [-0.05, 0) is 29.8 Å². The van der Waals surface area contributed by atoms with Gasteiger partial charge in [0.2, 0.25) is 0 Å². The smallest absolute Gasteiger partial charge is 0.338 e. The van der Waals surface area contributed by atoms with E-state index < -0.39 is 24.6 Å². The number of carboxylic acid groups (broad SMARTS) is 1. The Morgan fingerprint density at radius 3 is 2.18 bits per heavy atom. The number of carboxylic acids is 1. The van der Waals surface area contributed by atoms with E-state index in [-0.39, 0.29) is 17.9 Å². The Labute approximate surface area is 160 Å². The summed E-state index contributed by atoms with van der Waals surface area (Å²) in [6.45, 7) is -0.523. The summed E-state index contributed by atoms with van der Waals surface area (Å²) < 4.78 is 5.10. The fourth-order valence-corrected chi connectivity index (χ4v) is 1.80. The number of aliphatic carboxylic acids is 1. The molecule has 5 N–H and O–H groups in total. The Bertz CT molecular complexity index is 832. The van der Waals surface area contributed by atoms with Crippen LogP contribution in [0.15, 0.2) is 42.5 Å². The molecule has 0 aliphatic carbocycles. The van der Waals surface area contributed by atoms with Crippen LogP contribution in [0.3, 0.4) is 0 Å². The van der Waals surface area contributed by atoms with Crippen LogP contribution in [-0.2, 0) is 16.1 Å². The normalized spacial score (nSPS) is 10.8. The van der Waals surface area contributed by atoms with Gasteiger partial charge in [-0.1, -0.05) is 18.2 Å². The molecule has 9 heteroatoms. The molecule has 0 aliphatic heterocycles. The minimum atomic E-state index is -1.18. The van der Waals surface area contributed by atoms with Gasteiger partial charge in [0.15, 0.2) is 6.29 Å². The second-order valence-corrected chi connectivity index (χ2v) is 5.45. The Morgan fingerprint density at radius 1 is 1.07 bits per heavy atom. The molecule has 0 saturated carbocycles. The van der Waals surface area contributed by atoms with Crippen LogP contribution < -0.4 is 5.73 Å². The van der Waals surface area contributed by atoms with E-state index in [0.29, 0.717) is 29.3 Å².